The number of rotatable bonds is 4. The molecule has 1 heterocycles. The fraction of sp³-hybridized carbons (Fsp3) is 0.571. The Hall–Kier alpha value is -1.29. The predicted octanol–water partition coefficient (Wildman–Crippen LogP) is 2.53. The number of piperidine rings is 1. The predicted molar refractivity (Wildman–Crippen MR) is 68.8 cm³/mol. The topological polar surface area (TPSA) is 30.5 Å². The normalized spacial score (nSPS) is 19.6. The van der Waals surface area contributed by atoms with E-state index >= 15 is 0 Å². The molecule has 0 spiro atoms. The Morgan fingerprint density at radius 1 is 1.28 bits per heavy atom. The van der Waals surface area contributed by atoms with Crippen molar-refractivity contribution in [1.82, 2.24) is 5.32 Å². The zero-order valence-electron chi connectivity index (χ0n) is 11.0. The van der Waals surface area contributed by atoms with E-state index in [4.69, 9.17) is 9.47 Å². The minimum Gasteiger partial charge on any atom is -0.496 e. The van der Waals surface area contributed by atoms with Gasteiger partial charge < -0.3 is 14.8 Å². The largest absolute Gasteiger partial charge is 0.496 e. The molecule has 0 aliphatic carbocycles. The summed E-state index contributed by atoms with van der Waals surface area (Å²) < 4.78 is 24.2. The smallest absolute Gasteiger partial charge is 0.165 e. The first-order valence-electron chi connectivity index (χ1n) is 6.39. The summed E-state index contributed by atoms with van der Waals surface area (Å²) in [5.74, 6) is 0.673. The number of halogens is 1. The molecular weight excluding hydrogens is 233 g/mol. The van der Waals surface area contributed by atoms with E-state index in [0.29, 0.717) is 17.5 Å². The maximum absolute atomic E-state index is 13.7. The molecule has 1 saturated heterocycles. The zero-order chi connectivity index (χ0) is 13.0. The first-order chi connectivity index (χ1) is 8.76. The van der Waals surface area contributed by atoms with Crippen LogP contribution < -0.4 is 14.8 Å². The first kappa shape index (κ1) is 13.1. The summed E-state index contributed by atoms with van der Waals surface area (Å²) in [6, 6.07) is 3.43. The Balaban J connectivity index is 2.25. The van der Waals surface area contributed by atoms with Crippen LogP contribution in [0.3, 0.4) is 0 Å². The molecule has 1 unspecified atom stereocenters. The fourth-order valence-corrected chi connectivity index (χ4v) is 2.53. The molecule has 1 aromatic carbocycles. The molecule has 0 bridgehead atoms. The van der Waals surface area contributed by atoms with Gasteiger partial charge in [-0.3, -0.25) is 0 Å². The van der Waals surface area contributed by atoms with Crippen molar-refractivity contribution < 1.29 is 13.9 Å². The Kier molecular flexibility index (Phi) is 4.42. The van der Waals surface area contributed by atoms with Gasteiger partial charge in [-0.05, 0) is 37.9 Å². The minimum atomic E-state index is -0.330. The number of hydrogen-bond donors (Lipinski definition) is 1. The van der Waals surface area contributed by atoms with Gasteiger partial charge in [0.1, 0.15) is 5.75 Å². The SMILES string of the molecule is COc1ccc(F)c(OC)c1CC1CCCCN1. The summed E-state index contributed by atoms with van der Waals surface area (Å²) in [5.41, 5.74) is 0.819. The molecule has 2 rings (SSSR count). The van der Waals surface area contributed by atoms with E-state index < -0.39 is 0 Å². The summed E-state index contributed by atoms with van der Waals surface area (Å²) in [5, 5.41) is 3.46. The summed E-state index contributed by atoms with van der Waals surface area (Å²) in [7, 11) is 3.10. The van der Waals surface area contributed by atoms with Crippen molar-refractivity contribution in [3.8, 4) is 11.5 Å². The number of benzene rings is 1. The third-order valence-electron chi connectivity index (χ3n) is 3.46. The van der Waals surface area contributed by atoms with Crippen molar-refractivity contribution >= 4 is 0 Å². The molecule has 1 atom stereocenters. The van der Waals surface area contributed by atoms with E-state index in [2.05, 4.69) is 5.32 Å². The molecule has 1 aromatic rings. The number of ether oxygens (including phenoxy) is 2. The summed E-state index contributed by atoms with van der Waals surface area (Å²) in [4.78, 5) is 0. The lowest BCUT2D eigenvalue weighted by molar-refractivity contribution is 0.349. The molecule has 3 nitrogen and oxygen atoms in total. The lowest BCUT2D eigenvalue weighted by atomic mass is 9.96. The highest BCUT2D eigenvalue weighted by Gasteiger charge is 2.20. The summed E-state index contributed by atoms with van der Waals surface area (Å²) in [6.45, 7) is 1.03. The molecule has 1 aliphatic rings. The van der Waals surface area contributed by atoms with Gasteiger partial charge in [-0.15, -0.1) is 0 Å². The van der Waals surface area contributed by atoms with Crippen molar-refractivity contribution in [2.24, 2.45) is 0 Å². The highest BCUT2D eigenvalue weighted by Crippen LogP contribution is 2.33. The van der Waals surface area contributed by atoms with Crippen LogP contribution in [0.4, 0.5) is 4.39 Å². The van der Waals surface area contributed by atoms with Gasteiger partial charge in [-0.2, -0.15) is 0 Å². The molecule has 0 amide bonds. The van der Waals surface area contributed by atoms with Crippen LogP contribution in [-0.2, 0) is 6.42 Å². The molecule has 4 heteroatoms. The van der Waals surface area contributed by atoms with Gasteiger partial charge in [0.25, 0.3) is 0 Å². The van der Waals surface area contributed by atoms with Crippen LogP contribution >= 0.6 is 0 Å². The molecule has 1 N–H and O–H groups in total. The van der Waals surface area contributed by atoms with Crippen LogP contribution in [0.5, 0.6) is 11.5 Å². The second kappa shape index (κ2) is 6.05. The summed E-state index contributed by atoms with van der Waals surface area (Å²) >= 11 is 0. The van der Waals surface area contributed by atoms with Crippen LogP contribution in [0.15, 0.2) is 12.1 Å². The second-order valence-corrected chi connectivity index (χ2v) is 4.61. The van der Waals surface area contributed by atoms with Crippen LogP contribution in [-0.4, -0.2) is 26.8 Å². The molecule has 100 valence electrons. The average Bonchev–Trinajstić information content (AvgIpc) is 2.40. The van der Waals surface area contributed by atoms with Gasteiger partial charge in [0, 0.05) is 11.6 Å². The third-order valence-corrected chi connectivity index (χ3v) is 3.46. The van der Waals surface area contributed by atoms with Gasteiger partial charge in [0.2, 0.25) is 0 Å². The second-order valence-electron chi connectivity index (χ2n) is 4.61. The van der Waals surface area contributed by atoms with Crippen molar-refractivity contribution in [2.75, 3.05) is 20.8 Å². The number of methoxy groups -OCH3 is 2. The quantitative estimate of drug-likeness (QED) is 0.894. The average molecular weight is 253 g/mol. The third kappa shape index (κ3) is 2.75. The van der Waals surface area contributed by atoms with Crippen molar-refractivity contribution in [1.29, 1.82) is 0 Å². The van der Waals surface area contributed by atoms with Crippen LogP contribution in [0.2, 0.25) is 0 Å². The Morgan fingerprint density at radius 2 is 2.11 bits per heavy atom. The number of nitrogens with one attached hydrogen (secondary N) is 1. The van der Waals surface area contributed by atoms with Crippen LogP contribution in [0.1, 0.15) is 24.8 Å². The molecular formula is C14H20FNO2. The Morgan fingerprint density at radius 3 is 2.72 bits per heavy atom. The Labute approximate surface area is 107 Å². The highest BCUT2D eigenvalue weighted by atomic mass is 19.1. The molecule has 1 aliphatic heterocycles. The van der Waals surface area contributed by atoms with Gasteiger partial charge >= 0.3 is 0 Å². The van der Waals surface area contributed by atoms with E-state index in [-0.39, 0.29) is 5.82 Å². The van der Waals surface area contributed by atoms with Gasteiger partial charge in [0.15, 0.2) is 11.6 Å². The molecule has 18 heavy (non-hydrogen) atoms. The maximum Gasteiger partial charge on any atom is 0.165 e. The van der Waals surface area contributed by atoms with Crippen LogP contribution in [0.25, 0.3) is 0 Å². The lowest BCUT2D eigenvalue weighted by Gasteiger charge is -2.25. The maximum atomic E-state index is 13.7. The highest BCUT2D eigenvalue weighted by molar-refractivity contribution is 5.46. The number of hydrogen-bond acceptors (Lipinski definition) is 3. The Bertz CT molecular complexity index is 403. The van der Waals surface area contributed by atoms with E-state index in [1.807, 2.05) is 0 Å². The van der Waals surface area contributed by atoms with Crippen LogP contribution in [0, 0.1) is 5.82 Å². The van der Waals surface area contributed by atoms with Crippen molar-refractivity contribution in [3.05, 3.63) is 23.5 Å². The standard InChI is InChI=1S/C14H20FNO2/c1-17-13-7-6-12(15)14(18-2)11(13)9-10-5-3-4-8-16-10/h6-7,10,16H,3-5,8-9H2,1-2H3. The van der Waals surface area contributed by atoms with E-state index in [1.54, 1.807) is 13.2 Å². The van der Waals surface area contributed by atoms with E-state index in [9.17, 15) is 4.39 Å². The van der Waals surface area contributed by atoms with Crippen molar-refractivity contribution in [3.63, 3.8) is 0 Å². The van der Waals surface area contributed by atoms with E-state index in [0.717, 1.165) is 24.9 Å². The summed E-state index contributed by atoms with van der Waals surface area (Å²) in [6.07, 6.45) is 4.29. The van der Waals surface area contributed by atoms with Gasteiger partial charge in [-0.1, -0.05) is 6.42 Å². The van der Waals surface area contributed by atoms with Gasteiger partial charge in [0.05, 0.1) is 14.2 Å². The minimum absolute atomic E-state index is 0.307. The molecule has 0 saturated carbocycles. The zero-order valence-corrected chi connectivity index (χ0v) is 11.0. The monoisotopic (exact) mass is 253 g/mol. The van der Waals surface area contributed by atoms with E-state index in [1.165, 1.54) is 26.0 Å². The van der Waals surface area contributed by atoms with Gasteiger partial charge in [-0.25, -0.2) is 4.39 Å². The molecule has 1 fully saturated rings. The molecule has 0 aromatic heterocycles. The molecule has 0 radical (unpaired) electrons. The first-order valence-corrected chi connectivity index (χ1v) is 6.39. The fourth-order valence-electron chi connectivity index (χ4n) is 2.53. The van der Waals surface area contributed by atoms with Crippen molar-refractivity contribution in [2.45, 2.75) is 31.7 Å². The lowest BCUT2D eigenvalue weighted by Crippen LogP contribution is -2.35.